The SMILES string of the molecule is NCC1(CNC(=O)c2ccc3c(c2)COC3)CC1. The zero-order chi connectivity index (χ0) is 12.6. The van der Waals surface area contributed by atoms with Crippen molar-refractivity contribution in [1.82, 2.24) is 5.32 Å². The molecule has 0 unspecified atom stereocenters. The number of carbonyl (C=O) groups excluding carboxylic acids is 1. The number of ether oxygens (including phenoxy) is 1. The Labute approximate surface area is 107 Å². The van der Waals surface area contributed by atoms with Gasteiger partial charge in [-0.05, 0) is 42.6 Å². The molecule has 1 aromatic carbocycles. The van der Waals surface area contributed by atoms with E-state index in [0.29, 0.717) is 31.9 Å². The molecule has 1 saturated carbocycles. The molecule has 1 fully saturated rings. The summed E-state index contributed by atoms with van der Waals surface area (Å²) in [6.07, 6.45) is 2.25. The van der Waals surface area contributed by atoms with Crippen LogP contribution in [0, 0.1) is 5.41 Å². The summed E-state index contributed by atoms with van der Waals surface area (Å²) in [5.41, 5.74) is 8.91. The van der Waals surface area contributed by atoms with Crippen LogP contribution in [0.4, 0.5) is 0 Å². The van der Waals surface area contributed by atoms with E-state index in [1.165, 1.54) is 5.56 Å². The lowest BCUT2D eigenvalue weighted by Crippen LogP contribution is -2.33. The van der Waals surface area contributed by atoms with Gasteiger partial charge in [-0.1, -0.05) is 6.07 Å². The van der Waals surface area contributed by atoms with Crippen molar-refractivity contribution in [3.05, 3.63) is 34.9 Å². The smallest absolute Gasteiger partial charge is 0.251 e. The molecule has 0 spiro atoms. The number of amides is 1. The van der Waals surface area contributed by atoms with Gasteiger partial charge in [0.2, 0.25) is 0 Å². The topological polar surface area (TPSA) is 64.3 Å². The van der Waals surface area contributed by atoms with E-state index in [2.05, 4.69) is 5.32 Å². The Balaban J connectivity index is 1.65. The fraction of sp³-hybridized carbons (Fsp3) is 0.500. The summed E-state index contributed by atoms with van der Waals surface area (Å²) in [7, 11) is 0. The standard InChI is InChI=1S/C14H18N2O2/c15-8-14(3-4-14)9-16-13(17)10-1-2-11-6-18-7-12(11)5-10/h1-2,5H,3-4,6-9,15H2,(H,16,17). The van der Waals surface area contributed by atoms with Gasteiger partial charge in [-0.2, -0.15) is 0 Å². The molecular weight excluding hydrogens is 228 g/mol. The maximum atomic E-state index is 12.0. The molecule has 1 aliphatic carbocycles. The first kappa shape index (κ1) is 11.7. The second kappa shape index (κ2) is 4.37. The minimum absolute atomic E-state index is 0.00979. The molecule has 4 heteroatoms. The van der Waals surface area contributed by atoms with Crippen LogP contribution in [-0.4, -0.2) is 19.0 Å². The molecule has 2 aliphatic rings. The van der Waals surface area contributed by atoms with E-state index >= 15 is 0 Å². The Kier molecular flexibility index (Phi) is 2.84. The highest BCUT2D eigenvalue weighted by atomic mass is 16.5. The number of nitrogens with one attached hydrogen (secondary N) is 1. The number of carbonyl (C=O) groups is 1. The average molecular weight is 246 g/mol. The molecule has 1 heterocycles. The summed E-state index contributed by atoms with van der Waals surface area (Å²) >= 11 is 0. The monoisotopic (exact) mass is 246 g/mol. The molecule has 1 amide bonds. The molecular formula is C14H18N2O2. The van der Waals surface area contributed by atoms with Crippen LogP contribution in [0.3, 0.4) is 0 Å². The normalized spacial score (nSPS) is 19.4. The summed E-state index contributed by atoms with van der Waals surface area (Å²) in [5, 5.41) is 2.98. The molecule has 96 valence electrons. The summed E-state index contributed by atoms with van der Waals surface area (Å²) in [6.45, 7) is 2.62. The zero-order valence-electron chi connectivity index (χ0n) is 10.4. The molecule has 0 bridgehead atoms. The largest absolute Gasteiger partial charge is 0.372 e. The summed E-state index contributed by atoms with van der Waals surface area (Å²) in [5.74, 6) is -0.00979. The second-order valence-electron chi connectivity index (χ2n) is 5.36. The van der Waals surface area contributed by atoms with E-state index in [4.69, 9.17) is 10.5 Å². The van der Waals surface area contributed by atoms with Crippen molar-refractivity contribution >= 4 is 5.91 Å². The molecule has 3 rings (SSSR count). The number of benzene rings is 1. The van der Waals surface area contributed by atoms with Crippen LogP contribution in [0.5, 0.6) is 0 Å². The van der Waals surface area contributed by atoms with Crippen LogP contribution in [0.25, 0.3) is 0 Å². The van der Waals surface area contributed by atoms with Gasteiger partial charge in [0, 0.05) is 17.5 Å². The number of hydrogen-bond acceptors (Lipinski definition) is 3. The fourth-order valence-electron chi connectivity index (χ4n) is 2.31. The average Bonchev–Trinajstić information content (AvgIpc) is 3.04. The van der Waals surface area contributed by atoms with E-state index in [-0.39, 0.29) is 11.3 Å². The highest BCUT2D eigenvalue weighted by Gasteiger charge is 2.41. The van der Waals surface area contributed by atoms with Gasteiger partial charge in [0.15, 0.2) is 0 Å². The molecule has 1 aliphatic heterocycles. The number of nitrogens with two attached hydrogens (primary N) is 1. The van der Waals surface area contributed by atoms with E-state index in [1.807, 2.05) is 18.2 Å². The molecule has 0 saturated heterocycles. The van der Waals surface area contributed by atoms with Crippen molar-refractivity contribution in [3.63, 3.8) is 0 Å². The molecule has 3 N–H and O–H groups in total. The number of rotatable bonds is 4. The number of hydrogen-bond donors (Lipinski definition) is 2. The van der Waals surface area contributed by atoms with Gasteiger partial charge in [-0.3, -0.25) is 4.79 Å². The quantitative estimate of drug-likeness (QED) is 0.838. The molecule has 4 nitrogen and oxygen atoms in total. The summed E-state index contributed by atoms with van der Waals surface area (Å²) in [6, 6.07) is 5.78. The highest BCUT2D eigenvalue weighted by molar-refractivity contribution is 5.94. The Hall–Kier alpha value is -1.39. The van der Waals surface area contributed by atoms with Gasteiger partial charge in [0.25, 0.3) is 5.91 Å². The van der Waals surface area contributed by atoms with E-state index in [0.717, 1.165) is 18.4 Å². The van der Waals surface area contributed by atoms with Crippen molar-refractivity contribution in [3.8, 4) is 0 Å². The first-order valence-electron chi connectivity index (χ1n) is 6.40. The predicted octanol–water partition coefficient (Wildman–Crippen LogP) is 1.19. The minimum Gasteiger partial charge on any atom is -0.372 e. The van der Waals surface area contributed by atoms with E-state index in [9.17, 15) is 4.79 Å². The first-order chi connectivity index (χ1) is 8.72. The minimum atomic E-state index is -0.00979. The third kappa shape index (κ3) is 2.13. The van der Waals surface area contributed by atoms with Crippen LogP contribution in [0.1, 0.15) is 34.3 Å². The lowest BCUT2D eigenvalue weighted by atomic mass is 10.0. The van der Waals surface area contributed by atoms with Crippen molar-refractivity contribution in [2.75, 3.05) is 13.1 Å². The van der Waals surface area contributed by atoms with Gasteiger partial charge in [-0.25, -0.2) is 0 Å². The summed E-state index contributed by atoms with van der Waals surface area (Å²) < 4.78 is 5.34. The molecule has 0 radical (unpaired) electrons. The van der Waals surface area contributed by atoms with Crippen LogP contribution < -0.4 is 11.1 Å². The predicted molar refractivity (Wildman–Crippen MR) is 68.0 cm³/mol. The van der Waals surface area contributed by atoms with Gasteiger partial charge < -0.3 is 15.8 Å². The van der Waals surface area contributed by atoms with Gasteiger partial charge >= 0.3 is 0 Å². The zero-order valence-corrected chi connectivity index (χ0v) is 10.4. The van der Waals surface area contributed by atoms with Crippen molar-refractivity contribution < 1.29 is 9.53 Å². The van der Waals surface area contributed by atoms with Crippen molar-refractivity contribution in [2.24, 2.45) is 11.1 Å². The highest BCUT2D eigenvalue weighted by Crippen LogP contribution is 2.43. The van der Waals surface area contributed by atoms with Gasteiger partial charge in [0.05, 0.1) is 13.2 Å². The van der Waals surface area contributed by atoms with Crippen LogP contribution in [-0.2, 0) is 18.0 Å². The Morgan fingerprint density at radius 1 is 1.33 bits per heavy atom. The number of fused-ring (bicyclic) bond motifs is 1. The lowest BCUT2D eigenvalue weighted by molar-refractivity contribution is 0.0945. The third-order valence-corrected chi connectivity index (χ3v) is 4.00. The Morgan fingerprint density at radius 2 is 2.11 bits per heavy atom. The van der Waals surface area contributed by atoms with Crippen LogP contribution in [0.2, 0.25) is 0 Å². The Bertz CT molecular complexity index is 481. The van der Waals surface area contributed by atoms with E-state index < -0.39 is 0 Å². The van der Waals surface area contributed by atoms with Crippen molar-refractivity contribution in [2.45, 2.75) is 26.1 Å². The second-order valence-corrected chi connectivity index (χ2v) is 5.36. The van der Waals surface area contributed by atoms with Crippen LogP contribution in [0.15, 0.2) is 18.2 Å². The third-order valence-electron chi connectivity index (χ3n) is 4.00. The van der Waals surface area contributed by atoms with Gasteiger partial charge in [-0.15, -0.1) is 0 Å². The molecule has 0 atom stereocenters. The van der Waals surface area contributed by atoms with E-state index in [1.54, 1.807) is 0 Å². The first-order valence-corrected chi connectivity index (χ1v) is 6.40. The molecule has 1 aromatic rings. The maximum absolute atomic E-state index is 12.0. The lowest BCUT2D eigenvalue weighted by Gasteiger charge is -2.13. The fourth-order valence-corrected chi connectivity index (χ4v) is 2.31. The Morgan fingerprint density at radius 3 is 2.83 bits per heavy atom. The maximum Gasteiger partial charge on any atom is 0.251 e. The summed E-state index contributed by atoms with van der Waals surface area (Å²) in [4.78, 5) is 12.0. The van der Waals surface area contributed by atoms with Gasteiger partial charge in [0.1, 0.15) is 0 Å². The molecule has 0 aromatic heterocycles. The molecule has 18 heavy (non-hydrogen) atoms. The van der Waals surface area contributed by atoms with Crippen LogP contribution >= 0.6 is 0 Å². The van der Waals surface area contributed by atoms with Crippen molar-refractivity contribution in [1.29, 1.82) is 0 Å².